The van der Waals surface area contributed by atoms with E-state index in [1.807, 2.05) is 24.3 Å². The summed E-state index contributed by atoms with van der Waals surface area (Å²) in [5, 5.41) is 9.93. The van der Waals surface area contributed by atoms with Gasteiger partial charge in [0, 0.05) is 22.3 Å². The zero-order chi connectivity index (χ0) is 21.5. The first-order chi connectivity index (χ1) is 14.3. The SMILES string of the molecule is COc1ccc(Cl)cc1NC(=O)[C@H]1C[C@@H](CC(C)C)N[C@]12C(=O)Nc1ccccc12. The molecule has 2 amide bonds. The number of nitrogens with one attached hydrogen (secondary N) is 3. The fourth-order valence-electron chi connectivity index (χ4n) is 4.74. The van der Waals surface area contributed by atoms with Gasteiger partial charge in [-0.15, -0.1) is 0 Å². The number of benzene rings is 2. The Morgan fingerprint density at radius 2 is 2.07 bits per heavy atom. The van der Waals surface area contributed by atoms with Gasteiger partial charge in [-0.3, -0.25) is 14.9 Å². The predicted octanol–water partition coefficient (Wildman–Crippen LogP) is 4.16. The van der Waals surface area contributed by atoms with Gasteiger partial charge in [0.25, 0.3) is 0 Å². The van der Waals surface area contributed by atoms with Crippen LogP contribution >= 0.6 is 11.6 Å². The number of para-hydroxylation sites is 1. The highest BCUT2D eigenvalue weighted by molar-refractivity contribution is 6.31. The molecule has 0 unspecified atom stereocenters. The minimum atomic E-state index is -1.09. The smallest absolute Gasteiger partial charge is 0.250 e. The average Bonchev–Trinajstić information content (AvgIpc) is 3.20. The van der Waals surface area contributed by atoms with Crippen molar-refractivity contribution < 1.29 is 14.3 Å². The predicted molar refractivity (Wildman–Crippen MR) is 118 cm³/mol. The molecule has 158 valence electrons. The maximum atomic E-state index is 13.5. The zero-order valence-electron chi connectivity index (χ0n) is 17.3. The number of methoxy groups -OCH3 is 1. The van der Waals surface area contributed by atoms with E-state index in [9.17, 15) is 9.59 Å². The van der Waals surface area contributed by atoms with E-state index in [-0.39, 0.29) is 17.9 Å². The Kier molecular flexibility index (Phi) is 5.47. The Balaban J connectivity index is 1.72. The molecule has 1 saturated heterocycles. The number of carbonyl (C=O) groups excluding carboxylic acids is 2. The van der Waals surface area contributed by atoms with Gasteiger partial charge >= 0.3 is 0 Å². The second-order valence-corrected chi connectivity index (χ2v) is 8.84. The molecule has 2 heterocycles. The van der Waals surface area contributed by atoms with Crippen molar-refractivity contribution >= 4 is 34.8 Å². The fraction of sp³-hybridized carbons (Fsp3) is 0.391. The van der Waals surface area contributed by atoms with Crippen LogP contribution in [0.4, 0.5) is 11.4 Å². The topological polar surface area (TPSA) is 79.5 Å². The van der Waals surface area contributed by atoms with E-state index in [1.54, 1.807) is 18.2 Å². The third kappa shape index (κ3) is 3.44. The van der Waals surface area contributed by atoms with Gasteiger partial charge in [-0.05, 0) is 43.0 Å². The third-order valence-electron chi connectivity index (χ3n) is 5.92. The van der Waals surface area contributed by atoms with Crippen molar-refractivity contribution in [1.29, 1.82) is 0 Å². The van der Waals surface area contributed by atoms with Crippen LogP contribution in [0.5, 0.6) is 5.75 Å². The second-order valence-electron chi connectivity index (χ2n) is 8.40. The van der Waals surface area contributed by atoms with Crippen LogP contribution in [0, 0.1) is 11.8 Å². The number of ether oxygens (including phenoxy) is 1. The summed E-state index contributed by atoms with van der Waals surface area (Å²) in [5.41, 5.74) is 0.966. The van der Waals surface area contributed by atoms with Crippen LogP contribution in [0.15, 0.2) is 42.5 Å². The summed E-state index contributed by atoms with van der Waals surface area (Å²) in [6.07, 6.45) is 1.44. The van der Waals surface area contributed by atoms with Gasteiger partial charge in [0.2, 0.25) is 11.8 Å². The van der Waals surface area contributed by atoms with Crippen LogP contribution in [0.2, 0.25) is 5.02 Å². The fourth-order valence-corrected chi connectivity index (χ4v) is 4.91. The molecule has 0 radical (unpaired) electrons. The maximum Gasteiger partial charge on any atom is 0.250 e. The van der Waals surface area contributed by atoms with Crippen molar-refractivity contribution in [2.45, 2.75) is 38.3 Å². The molecule has 1 spiro atoms. The summed E-state index contributed by atoms with van der Waals surface area (Å²) < 4.78 is 5.36. The van der Waals surface area contributed by atoms with E-state index < -0.39 is 11.5 Å². The third-order valence-corrected chi connectivity index (χ3v) is 6.16. The van der Waals surface area contributed by atoms with Gasteiger partial charge in [0.15, 0.2) is 0 Å². The lowest BCUT2D eigenvalue weighted by atomic mass is 9.79. The summed E-state index contributed by atoms with van der Waals surface area (Å²) in [6, 6.07) is 12.7. The maximum absolute atomic E-state index is 13.5. The standard InChI is InChI=1S/C23H26ClN3O3/c1-13(2)10-15-12-17(21(28)25-19-11-14(24)8-9-20(19)30-3)23(27-15)16-6-4-5-7-18(16)26-22(23)29/h4-9,11,13,15,17,27H,10,12H2,1-3H3,(H,25,28)(H,26,29)/t15-,17-,23+/m1/s1. The molecule has 2 aliphatic heterocycles. The molecule has 30 heavy (non-hydrogen) atoms. The van der Waals surface area contributed by atoms with E-state index in [0.717, 1.165) is 17.7 Å². The molecule has 2 aliphatic rings. The molecule has 1 fully saturated rings. The van der Waals surface area contributed by atoms with Crippen LogP contribution in [0.1, 0.15) is 32.3 Å². The van der Waals surface area contributed by atoms with Crippen molar-refractivity contribution in [1.82, 2.24) is 5.32 Å². The molecule has 2 aromatic rings. The molecule has 4 rings (SSSR count). The number of rotatable bonds is 5. The molecular weight excluding hydrogens is 402 g/mol. The Bertz CT molecular complexity index is 993. The molecule has 0 aliphatic carbocycles. The van der Waals surface area contributed by atoms with Gasteiger partial charge in [-0.25, -0.2) is 0 Å². The van der Waals surface area contributed by atoms with Crippen molar-refractivity contribution in [2.24, 2.45) is 11.8 Å². The van der Waals surface area contributed by atoms with Crippen molar-refractivity contribution in [3.05, 3.63) is 53.1 Å². The molecule has 0 bridgehead atoms. The normalized spacial score (nSPS) is 24.8. The van der Waals surface area contributed by atoms with E-state index >= 15 is 0 Å². The van der Waals surface area contributed by atoms with Crippen LogP contribution < -0.4 is 20.7 Å². The highest BCUT2D eigenvalue weighted by atomic mass is 35.5. The van der Waals surface area contributed by atoms with E-state index in [1.165, 1.54) is 7.11 Å². The highest BCUT2D eigenvalue weighted by Crippen LogP contribution is 2.48. The molecule has 3 N–H and O–H groups in total. The minimum Gasteiger partial charge on any atom is -0.495 e. The minimum absolute atomic E-state index is 0.0545. The number of hydrogen-bond acceptors (Lipinski definition) is 4. The Labute approximate surface area is 181 Å². The highest BCUT2D eigenvalue weighted by Gasteiger charge is 2.60. The van der Waals surface area contributed by atoms with Crippen molar-refractivity contribution in [3.63, 3.8) is 0 Å². The molecular formula is C23H26ClN3O3. The first kappa shape index (κ1) is 20.7. The lowest BCUT2D eigenvalue weighted by Crippen LogP contribution is -2.52. The summed E-state index contributed by atoms with van der Waals surface area (Å²) in [5.74, 6) is -0.0419. The van der Waals surface area contributed by atoms with Gasteiger partial charge < -0.3 is 15.4 Å². The quantitative estimate of drug-likeness (QED) is 0.669. The molecule has 0 saturated carbocycles. The first-order valence-corrected chi connectivity index (χ1v) is 10.6. The summed E-state index contributed by atoms with van der Waals surface area (Å²) in [6.45, 7) is 4.28. The van der Waals surface area contributed by atoms with Crippen LogP contribution in [-0.2, 0) is 15.1 Å². The number of fused-ring (bicyclic) bond motifs is 2. The number of hydrogen-bond donors (Lipinski definition) is 3. The van der Waals surface area contributed by atoms with Gasteiger partial charge in [-0.2, -0.15) is 0 Å². The number of halogens is 1. The van der Waals surface area contributed by atoms with Crippen LogP contribution in [0.3, 0.4) is 0 Å². The monoisotopic (exact) mass is 427 g/mol. The summed E-state index contributed by atoms with van der Waals surface area (Å²) >= 11 is 6.12. The summed E-state index contributed by atoms with van der Waals surface area (Å²) in [4.78, 5) is 26.7. The molecule has 7 heteroatoms. The molecule has 3 atom stereocenters. The van der Waals surface area contributed by atoms with Crippen molar-refractivity contribution in [2.75, 3.05) is 17.7 Å². The van der Waals surface area contributed by atoms with E-state index in [0.29, 0.717) is 28.8 Å². The second kappa shape index (κ2) is 7.93. The zero-order valence-corrected chi connectivity index (χ0v) is 18.0. The first-order valence-electron chi connectivity index (χ1n) is 10.2. The molecule has 6 nitrogen and oxygen atoms in total. The van der Waals surface area contributed by atoms with Crippen LogP contribution in [-0.4, -0.2) is 25.0 Å². The largest absolute Gasteiger partial charge is 0.495 e. The Morgan fingerprint density at radius 3 is 2.80 bits per heavy atom. The molecule has 2 aromatic carbocycles. The Hall–Kier alpha value is -2.57. The Morgan fingerprint density at radius 1 is 1.30 bits per heavy atom. The van der Waals surface area contributed by atoms with Gasteiger partial charge in [0.1, 0.15) is 11.3 Å². The van der Waals surface area contributed by atoms with Gasteiger partial charge in [-0.1, -0.05) is 43.6 Å². The average molecular weight is 428 g/mol. The van der Waals surface area contributed by atoms with Crippen LogP contribution in [0.25, 0.3) is 0 Å². The van der Waals surface area contributed by atoms with Crippen molar-refractivity contribution in [3.8, 4) is 5.75 Å². The molecule has 0 aromatic heterocycles. The summed E-state index contributed by atoms with van der Waals surface area (Å²) in [7, 11) is 1.54. The lowest BCUT2D eigenvalue weighted by molar-refractivity contribution is -0.130. The lowest BCUT2D eigenvalue weighted by Gasteiger charge is -2.29. The van der Waals surface area contributed by atoms with E-state index in [2.05, 4.69) is 29.8 Å². The number of carbonyl (C=O) groups is 2. The van der Waals surface area contributed by atoms with E-state index in [4.69, 9.17) is 16.3 Å². The number of amides is 2. The number of anilines is 2. The van der Waals surface area contributed by atoms with Gasteiger partial charge in [0.05, 0.1) is 18.7 Å².